The third-order valence-corrected chi connectivity index (χ3v) is 3.48. The molecule has 1 aromatic carbocycles. The van der Waals surface area contributed by atoms with Gasteiger partial charge in [-0.25, -0.2) is 4.98 Å². The Hall–Kier alpha value is -2.41. The smallest absolute Gasteiger partial charge is 0.225 e. The van der Waals surface area contributed by atoms with Crippen LogP contribution in [0.15, 0.2) is 24.3 Å². The number of anilines is 3. The van der Waals surface area contributed by atoms with Crippen LogP contribution in [0.1, 0.15) is 20.3 Å². The predicted molar refractivity (Wildman–Crippen MR) is 85.2 cm³/mol. The Bertz CT molecular complexity index is 681. The van der Waals surface area contributed by atoms with Crippen LogP contribution < -0.4 is 16.4 Å². The lowest BCUT2D eigenvalue weighted by atomic mass is 10.1. The summed E-state index contributed by atoms with van der Waals surface area (Å²) >= 11 is 1.22. The summed E-state index contributed by atoms with van der Waals surface area (Å²) in [5.41, 5.74) is 8.01. The summed E-state index contributed by atoms with van der Waals surface area (Å²) < 4.78 is 0. The summed E-state index contributed by atoms with van der Waals surface area (Å²) in [4.78, 5) is 26.8. The molecule has 0 saturated carbocycles. The Labute approximate surface area is 126 Å². The van der Waals surface area contributed by atoms with Gasteiger partial charge < -0.3 is 16.4 Å². The van der Waals surface area contributed by atoms with Gasteiger partial charge in [-0.2, -0.15) is 0 Å². The second-order valence-electron chi connectivity index (χ2n) is 4.40. The van der Waals surface area contributed by atoms with E-state index in [1.165, 1.54) is 18.3 Å². The summed E-state index contributed by atoms with van der Waals surface area (Å²) in [7, 11) is 0. The van der Waals surface area contributed by atoms with Crippen LogP contribution in [0.2, 0.25) is 0 Å². The number of benzene rings is 1. The first-order valence-electron chi connectivity index (χ1n) is 6.43. The summed E-state index contributed by atoms with van der Waals surface area (Å²) in [6, 6.07) is 7.23. The first-order valence-corrected chi connectivity index (χ1v) is 7.25. The van der Waals surface area contributed by atoms with Crippen LogP contribution in [-0.2, 0) is 9.59 Å². The number of nitrogens with two attached hydrogens (primary N) is 1. The third kappa shape index (κ3) is 3.79. The van der Waals surface area contributed by atoms with E-state index in [4.69, 9.17) is 5.73 Å². The van der Waals surface area contributed by atoms with Crippen molar-refractivity contribution in [2.24, 2.45) is 0 Å². The van der Waals surface area contributed by atoms with Crippen molar-refractivity contribution in [1.82, 2.24) is 4.98 Å². The Balaban J connectivity index is 2.29. The van der Waals surface area contributed by atoms with Gasteiger partial charge in [0.15, 0.2) is 5.13 Å². The maximum atomic E-state index is 11.4. The highest BCUT2D eigenvalue weighted by atomic mass is 32.1. The molecule has 4 N–H and O–H groups in total. The molecular formula is C14H16N4O2S. The molecule has 0 spiro atoms. The van der Waals surface area contributed by atoms with Crippen LogP contribution in [0, 0.1) is 0 Å². The monoisotopic (exact) mass is 304 g/mol. The fourth-order valence-corrected chi connectivity index (χ4v) is 2.52. The highest BCUT2D eigenvalue weighted by Crippen LogP contribution is 2.34. The molecule has 0 fully saturated rings. The number of aromatic nitrogens is 1. The molecule has 21 heavy (non-hydrogen) atoms. The fourth-order valence-electron chi connectivity index (χ4n) is 1.75. The molecule has 0 unspecified atom stereocenters. The zero-order valence-electron chi connectivity index (χ0n) is 11.8. The fraction of sp³-hybridized carbons (Fsp3) is 0.214. The van der Waals surface area contributed by atoms with Gasteiger partial charge in [-0.15, -0.1) is 0 Å². The minimum absolute atomic E-state index is 0.109. The minimum Gasteiger partial charge on any atom is -0.389 e. The average Bonchev–Trinajstić information content (AvgIpc) is 2.79. The first-order chi connectivity index (χ1) is 9.99. The van der Waals surface area contributed by atoms with E-state index >= 15 is 0 Å². The van der Waals surface area contributed by atoms with Crippen LogP contribution in [-0.4, -0.2) is 16.8 Å². The summed E-state index contributed by atoms with van der Waals surface area (Å²) in [5, 5.41) is 6.38. The van der Waals surface area contributed by atoms with E-state index in [1.807, 2.05) is 12.1 Å². The molecule has 1 heterocycles. The molecule has 0 aliphatic carbocycles. The van der Waals surface area contributed by atoms with Gasteiger partial charge in [-0.1, -0.05) is 30.4 Å². The van der Waals surface area contributed by atoms with Crippen molar-refractivity contribution in [2.45, 2.75) is 20.3 Å². The van der Waals surface area contributed by atoms with Crippen LogP contribution in [0.5, 0.6) is 0 Å². The molecule has 2 rings (SSSR count). The quantitative estimate of drug-likeness (QED) is 0.809. The van der Waals surface area contributed by atoms with E-state index < -0.39 is 0 Å². The molecule has 7 heteroatoms. The largest absolute Gasteiger partial charge is 0.389 e. The van der Waals surface area contributed by atoms with E-state index in [9.17, 15) is 9.59 Å². The molecule has 0 aliphatic rings. The molecule has 0 aliphatic heterocycles. The normalized spacial score (nSPS) is 10.2. The highest BCUT2D eigenvalue weighted by Gasteiger charge is 2.12. The Morgan fingerprint density at radius 2 is 2.10 bits per heavy atom. The predicted octanol–water partition coefficient (Wildman–Crippen LogP) is 2.70. The van der Waals surface area contributed by atoms with Crippen molar-refractivity contribution in [3.8, 4) is 11.3 Å². The van der Waals surface area contributed by atoms with Crippen molar-refractivity contribution in [1.29, 1.82) is 0 Å². The molecule has 0 bridgehead atoms. The van der Waals surface area contributed by atoms with Gasteiger partial charge in [0.1, 0.15) is 10.7 Å². The van der Waals surface area contributed by atoms with Crippen LogP contribution in [0.4, 0.5) is 15.8 Å². The van der Waals surface area contributed by atoms with Gasteiger partial charge in [-0.3, -0.25) is 9.59 Å². The number of thiazole rings is 1. The summed E-state index contributed by atoms with van der Waals surface area (Å²) in [5.74, 6) is -0.253. The lowest BCUT2D eigenvalue weighted by Crippen LogP contribution is -2.08. The summed E-state index contributed by atoms with van der Waals surface area (Å²) in [6.07, 6.45) is 0.382. The molecule has 2 amide bonds. The van der Waals surface area contributed by atoms with E-state index in [-0.39, 0.29) is 11.8 Å². The zero-order chi connectivity index (χ0) is 15.4. The minimum atomic E-state index is -0.144. The maximum Gasteiger partial charge on any atom is 0.225 e. The van der Waals surface area contributed by atoms with Crippen molar-refractivity contribution in [3.63, 3.8) is 0 Å². The number of nitrogen functional groups attached to an aromatic ring is 1. The zero-order valence-corrected chi connectivity index (χ0v) is 12.6. The average molecular weight is 304 g/mol. The van der Waals surface area contributed by atoms with Crippen LogP contribution in [0.3, 0.4) is 0 Å². The number of rotatable bonds is 4. The molecule has 2 aromatic rings. The van der Waals surface area contributed by atoms with E-state index in [0.717, 1.165) is 5.56 Å². The molecule has 0 saturated heterocycles. The Kier molecular flexibility index (Phi) is 4.54. The van der Waals surface area contributed by atoms with Crippen LogP contribution >= 0.6 is 11.3 Å². The van der Waals surface area contributed by atoms with E-state index in [1.54, 1.807) is 19.1 Å². The van der Waals surface area contributed by atoms with Gasteiger partial charge in [0, 0.05) is 24.6 Å². The number of nitrogens with one attached hydrogen (secondary N) is 2. The number of nitrogens with zero attached hydrogens (tertiary/aromatic N) is 1. The molecule has 110 valence electrons. The van der Waals surface area contributed by atoms with Crippen LogP contribution in [0.25, 0.3) is 11.3 Å². The SMILES string of the molecule is CCC(=O)Nc1nc(-c2cccc(NC(C)=O)c2)c(N)s1. The van der Waals surface area contributed by atoms with Crippen molar-refractivity contribution in [2.75, 3.05) is 16.4 Å². The van der Waals surface area contributed by atoms with Crippen molar-refractivity contribution >= 4 is 39.0 Å². The van der Waals surface area contributed by atoms with Crippen molar-refractivity contribution in [3.05, 3.63) is 24.3 Å². The van der Waals surface area contributed by atoms with E-state index in [0.29, 0.717) is 27.9 Å². The second kappa shape index (κ2) is 6.36. The molecule has 1 aromatic heterocycles. The Morgan fingerprint density at radius 3 is 2.76 bits per heavy atom. The number of carbonyl (C=O) groups is 2. The number of hydrogen-bond donors (Lipinski definition) is 3. The molecule has 6 nitrogen and oxygen atoms in total. The lowest BCUT2D eigenvalue weighted by Gasteiger charge is -2.04. The standard InChI is InChI=1S/C14H16N4O2S/c1-3-11(20)17-14-18-12(13(15)21-14)9-5-4-6-10(7-9)16-8(2)19/h4-7H,3,15H2,1-2H3,(H,16,19)(H,17,18,20). The number of amides is 2. The number of carbonyl (C=O) groups excluding carboxylic acids is 2. The van der Waals surface area contributed by atoms with E-state index in [2.05, 4.69) is 15.6 Å². The second-order valence-corrected chi connectivity index (χ2v) is 5.43. The van der Waals surface area contributed by atoms with Gasteiger partial charge in [0.05, 0.1) is 0 Å². The molecular weight excluding hydrogens is 288 g/mol. The first kappa shape index (κ1) is 15.0. The molecule has 0 radical (unpaired) electrons. The topological polar surface area (TPSA) is 97.1 Å². The molecule has 0 atom stereocenters. The third-order valence-electron chi connectivity index (χ3n) is 2.68. The summed E-state index contributed by atoms with van der Waals surface area (Å²) in [6.45, 7) is 3.21. The number of hydrogen-bond acceptors (Lipinski definition) is 5. The maximum absolute atomic E-state index is 11.4. The van der Waals surface area contributed by atoms with Gasteiger partial charge >= 0.3 is 0 Å². The lowest BCUT2D eigenvalue weighted by molar-refractivity contribution is -0.116. The Morgan fingerprint density at radius 1 is 1.33 bits per heavy atom. The van der Waals surface area contributed by atoms with Gasteiger partial charge in [-0.05, 0) is 12.1 Å². The highest BCUT2D eigenvalue weighted by molar-refractivity contribution is 7.20. The van der Waals surface area contributed by atoms with Gasteiger partial charge in [0.25, 0.3) is 0 Å². The van der Waals surface area contributed by atoms with Crippen molar-refractivity contribution < 1.29 is 9.59 Å². The van der Waals surface area contributed by atoms with Gasteiger partial charge in [0.2, 0.25) is 11.8 Å².